The number of aromatic hydroxyl groups is 1. The molecular formula is C32H36BrNO6. The molecule has 40 heavy (non-hydrogen) atoms. The highest BCUT2D eigenvalue weighted by atomic mass is 79.9. The van der Waals surface area contributed by atoms with Crippen molar-refractivity contribution in [1.29, 1.82) is 0 Å². The lowest BCUT2D eigenvalue weighted by Gasteiger charge is -2.37. The van der Waals surface area contributed by atoms with Crippen molar-refractivity contribution in [3.8, 4) is 17.2 Å². The number of halogens is 1. The third-order valence-corrected chi connectivity index (χ3v) is 8.75. The van der Waals surface area contributed by atoms with Gasteiger partial charge in [-0.3, -0.25) is 4.79 Å². The second-order valence-corrected chi connectivity index (χ2v) is 11.6. The maximum absolute atomic E-state index is 14.0. The van der Waals surface area contributed by atoms with Crippen LogP contribution in [0.3, 0.4) is 0 Å². The molecule has 2 aromatic carbocycles. The molecule has 1 saturated carbocycles. The summed E-state index contributed by atoms with van der Waals surface area (Å²) in [6.45, 7) is 4.07. The highest BCUT2D eigenvalue weighted by Crippen LogP contribution is 2.48. The zero-order chi connectivity index (χ0) is 28.4. The highest BCUT2D eigenvalue weighted by molar-refractivity contribution is 9.10. The van der Waals surface area contributed by atoms with Crippen LogP contribution in [-0.2, 0) is 14.3 Å². The Morgan fingerprint density at radius 2 is 1.80 bits per heavy atom. The number of rotatable bonds is 7. The summed E-state index contributed by atoms with van der Waals surface area (Å²) < 4.78 is 17.5. The van der Waals surface area contributed by atoms with E-state index in [-0.39, 0.29) is 23.6 Å². The van der Waals surface area contributed by atoms with E-state index in [1.54, 1.807) is 19.2 Å². The van der Waals surface area contributed by atoms with Gasteiger partial charge in [0.1, 0.15) is 11.9 Å². The van der Waals surface area contributed by atoms with Gasteiger partial charge in [-0.05, 0) is 103 Å². The predicted octanol–water partition coefficient (Wildman–Crippen LogP) is 6.80. The number of esters is 1. The van der Waals surface area contributed by atoms with Crippen LogP contribution in [0.2, 0.25) is 0 Å². The minimum Gasteiger partial charge on any atom is -0.503 e. The molecule has 8 heteroatoms. The van der Waals surface area contributed by atoms with Gasteiger partial charge in [-0.2, -0.15) is 0 Å². The second-order valence-electron chi connectivity index (χ2n) is 10.7. The molecule has 0 radical (unpaired) electrons. The highest BCUT2D eigenvalue weighted by Gasteiger charge is 2.42. The number of Topliss-reactive ketones (excluding diaryl/α,β-unsaturated/α-hetero) is 1. The molecule has 0 aromatic heterocycles. The molecule has 2 aliphatic carbocycles. The summed E-state index contributed by atoms with van der Waals surface area (Å²) in [4.78, 5) is 27.7. The summed E-state index contributed by atoms with van der Waals surface area (Å²) in [7, 11) is 1.63. The summed E-state index contributed by atoms with van der Waals surface area (Å²) >= 11 is 3.45. The van der Waals surface area contributed by atoms with E-state index in [0.29, 0.717) is 52.1 Å². The third-order valence-electron chi connectivity index (χ3n) is 8.14. The first kappa shape index (κ1) is 28.3. The van der Waals surface area contributed by atoms with E-state index in [9.17, 15) is 14.7 Å². The Morgan fingerprint density at radius 1 is 1.07 bits per heavy atom. The molecular weight excluding hydrogens is 574 g/mol. The molecule has 1 aliphatic heterocycles. The SMILES string of the molecule is CCOc1cc([C@H]2C(C(=O)OC3CCCCC3)=C(C)NC3=C2C(=O)C[C@H](c2ccc(OC)cc2)C3)cc(Br)c1O. The van der Waals surface area contributed by atoms with Gasteiger partial charge in [0.2, 0.25) is 0 Å². The molecule has 2 N–H and O–H groups in total. The minimum absolute atomic E-state index is 0.000568. The molecule has 0 unspecified atom stereocenters. The molecule has 0 bridgehead atoms. The lowest BCUT2D eigenvalue weighted by atomic mass is 9.71. The smallest absolute Gasteiger partial charge is 0.337 e. The van der Waals surface area contributed by atoms with Crippen LogP contribution in [0, 0.1) is 0 Å². The van der Waals surface area contributed by atoms with Crippen LogP contribution in [-0.4, -0.2) is 36.7 Å². The number of phenols is 1. The van der Waals surface area contributed by atoms with Crippen LogP contribution >= 0.6 is 15.9 Å². The van der Waals surface area contributed by atoms with Gasteiger partial charge in [0.05, 0.1) is 23.8 Å². The number of dihydropyridines is 1. The third kappa shape index (κ3) is 5.64. The van der Waals surface area contributed by atoms with Crippen LogP contribution in [0.4, 0.5) is 0 Å². The van der Waals surface area contributed by atoms with Crippen LogP contribution < -0.4 is 14.8 Å². The second kappa shape index (κ2) is 12.1. The molecule has 5 rings (SSSR count). The average Bonchev–Trinajstić information content (AvgIpc) is 2.95. The van der Waals surface area contributed by atoms with Crippen molar-refractivity contribution in [3.63, 3.8) is 0 Å². The van der Waals surface area contributed by atoms with Gasteiger partial charge >= 0.3 is 5.97 Å². The predicted molar refractivity (Wildman–Crippen MR) is 156 cm³/mol. The number of benzene rings is 2. The van der Waals surface area contributed by atoms with E-state index in [4.69, 9.17) is 14.2 Å². The van der Waals surface area contributed by atoms with E-state index in [1.807, 2.05) is 38.1 Å². The number of ether oxygens (including phenoxy) is 3. The van der Waals surface area contributed by atoms with E-state index in [2.05, 4.69) is 21.2 Å². The van der Waals surface area contributed by atoms with Gasteiger partial charge in [-0.1, -0.05) is 18.6 Å². The van der Waals surface area contributed by atoms with Crippen LogP contribution in [0.5, 0.6) is 17.2 Å². The Hall–Kier alpha value is -3.26. The number of methoxy groups -OCH3 is 1. The number of hydrogen-bond donors (Lipinski definition) is 2. The number of nitrogens with one attached hydrogen (secondary N) is 1. The normalized spacial score (nSPS) is 21.6. The summed E-state index contributed by atoms with van der Waals surface area (Å²) in [6, 6.07) is 11.3. The van der Waals surface area contributed by atoms with Crippen LogP contribution in [0.15, 0.2) is 63.4 Å². The fourth-order valence-electron chi connectivity index (χ4n) is 6.18. The van der Waals surface area contributed by atoms with Gasteiger partial charge in [0.25, 0.3) is 0 Å². The molecule has 1 fully saturated rings. The van der Waals surface area contributed by atoms with Gasteiger partial charge in [-0.25, -0.2) is 4.79 Å². The number of phenolic OH excluding ortho intramolecular Hbond substituents is 1. The first-order chi connectivity index (χ1) is 19.3. The minimum atomic E-state index is -0.646. The number of carbonyl (C=O) groups is 2. The molecule has 0 saturated heterocycles. The summed E-state index contributed by atoms with van der Waals surface area (Å²) in [5, 5.41) is 14.0. The Balaban J connectivity index is 1.57. The Morgan fingerprint density at radius 3 is 2.48 bits per heavy atom. The van der Waals surface area contributed by atoms with E-state index in [0.717, 1.165) is 49.1 Å². The standard InChI is InChI=1S/C32H36BrNO6/c1-4-39-27-17-21(14-24(33)31(27)36)29-28(32(37)40-23-8-6-5-7-9-23)18(2)34-25-15-20(16-26(35)30(25)29)19-10-12-22(38-3)13-11-19/h10-14,17,20,23,29,34,36H,4-9,15-16H2,1-3H3/t20-,29+/m1/s1. The van der Waals surface area contributed by atoms with E-state index in [1.165, 1.54) is 0 Å². The van der Waals surface area contributed by atoms with Crippen LogP contribution in [0.25, 0.3) is 0 Å². The first-order valence-corrected chi connectivity index (χ1v) is 14.8. The van der Waals surface area contributed by atoms with Crippen molar-refractivity contribution < 1.29 is 28.9 Å². The van der Waals surface area contributed by atoms with Gasteiger partial charge < -0.3 is 24.6 Å². The summed E-state index contributed by atoms with van der Waals surface area (Å²) in [5.74, 6) is -0.0190. The van der Waals surface area contributed by atoms with Gasteiger partial charge in [0, 0.05) is 29.3 Å². The Labute approximate surface area is 243 Å². The van der Waals surface area contributed by atoms with E-state index < -0.39 is 11.9 Å². The van der Waals surface area contributed by atoms with E-state index >= 15 is 0 Å². The molecule has 0 spiro atoms. The first-order valence-electron chi connectivity index (χ1n) is 14.0. The maximum Gasteiger partial charge on any atom is 0.337 e. The van der Waals surface area contributed by atoms with Crippen molar-refractivity contribution in [1.82, 2.24) is 5.32 Å². The Bertz CT molecular complexity index is 1360. The number of hydrogen-bond acceptors (Lipinski definition) is 7. The lowest BCUT2D eigenvalue weighted by Crippen LogP contribution is -2.37. The molecule has 0 amide bonds. The summed E-state index contributed by atoms with van der Waals surface area (Å²) in [5.41, 5.74) is 4.25. The topological polar surface area (TPSA) is 94.1 Å². The van der Waals surface area contributed by atoms with Crippen molar-refractivity contribution in [2.24, 2.45) is 0 Å². The van der Waals surface area contributed by atoms with Crippen molar-refractivity contribution in [2.75, 3.05) is 13.7 Å². The van der Waals surface area contributed by atoms with Gasteiger partial charge in [0.15, 0.2) is 17.3 Å². The lowest BCUT2D eigenvalue weighted by molar-refractivity contribution is -0.146. The van der Waals surface area contributed by atoms with Crippen molar-refractivity contribution >= 4 is 27.7 Å². The van der Waals surface area contributed by atoms with Gasteiger partial charge in [-0.15, -0.1) is 0 Å². The zero-order valence-corrected chi connectivity index (χ0v) is 24.8. The monoisotopic (exact) mass is 609 g/mol. The van der Waals surface area contributed by atoms with Crippen molar-refractivity contribution in [3.05, 3.63) is 74.5 Å². The quantitative estimate of drug-likeness (QED) is 0.333. The fourth-order valence-corrected chi connectivity index (χ4v) is 6.64. The maximum atomic E-state index is 14.0. The molecule has 2 atom stereocenters. The number of allylic oxidation sites excluding steroid dienone is 3. The molecule has 1 heterocycles. The van der Waals surface area contributed by atoms with Crippen LogP contribution in [0.1, 0.15) is 81.8 Å². The molecule has 7 nitrogen and oxygen atoms in total. The largest absolute Gasteiger partial charge is 0.503 e. The summed E-state index contributed by atoms with van der Waals surface area (Å²) in [6.07, 6.45) is 5.78. The average molecular weight is 611 g/mol. The number of ketones is 1. The fraction of sp³-hybridized carbons (Fsp3) is 0.438. The Kier molecular flexibility index (Phi) is 8.54. The molecule has 2 aromatic rings. The number of carbonyl (C=O) groups excluding carboxylic acids is 2. The molecule has 212 valence electrons. The zero-order valence-electron chi connectivity index (χ0n) is 23.2. The molecule has 3 aliphatic rings. The van der Waals surface area contributed by atoms with Crippen molar-refractivity contribution in [2.45, 2.75) is 76.7 Å².